The molecule has 0 fully saturated rings. The van der Waals surface area contributed by atoms with Gasteiger partial charge in [0.15, 0.2) is 7.28 Å². The first-order chi connectivity index (χ1) is 12.8. The molecule has 0 atom stereocenters. The average molecular weight is 340 g/mol. The summed E-state index contributed by atoms with van der Waals surface area (Å²) in [6.45, 7) is 0. The highest BCUT2D eigenvalue weighted by atomic mass is 19.1. The first kappa shape index (κ1) is 14.9. The van der Waals surface area contributed by atoms with E-state index in [4.69, 9.17) is 0 Å². The predicted molar refractivity (Wildman–Crippen MR) is 104 cm³/mol. The van der Waals surface area contributed by atoms with Gasteiger partial charge in [-0.25, -0.2) is 9.07 Å². The van der Waals surface area contributed by atoms with Crippen molar-refractivity contribution in [3.63, 3.8) is 0 Å². The maximum Gasteiger partial charge on any atom is 0.183 e. The molecule has 0 amide bonds. The molecular formula is C20H14BFN4. The molecule has 1 aromatic heterocycles. The van der Waals surface area contributed by atoms with Gasteiger partial charge >= 0.3 is 0 Å². The zero-order valence-corrected chi connectivity index (χ0v) is 13.9. The number of anilines is 2. The van der Waals surface area contributed by atoms with Crippen molar-refractivity contribution in [2.24, 2.45) is 0 Å². The number of hydrogen-bond donors (Lipinski definition) is 1. The molecule has 3 aromatic carbocycles. The van der Waals surface area contributed by atoms with E-state index in [9.17, 15) is 4.39 Å². The summed E-state index contributed by atoms with van der Waals surface area (Å²) in [6, 6.07) is 18.5. The molecule has 4 nitrogen and oxygen atoms in total. The first-order valence-corrected chi connectivity index (χ1v) is 8.45. The van der Waals surface area contributed by atoms with Crippen molar-refractivity contribution in [3.05, 3.63) is 78.0 Å². The largest absolute Gasteiger partial charge is 0.354 e. The number of nitrogens with zero attached hydrogens (tertiary/aromatic N) is 3. The maximum absolute atomic E-state index is 13.2. The smallest absolute Gasteiger partial charge is 0.183 e. The summed E-state index contributed by atoms with van der Waals surface area (Å²) < 4.78 is 15.1. The fourth-order valence-electron chi connectivity index (χ4n) is 3.30. The van der Waals surface area contributed by atoms with Crippen LogP contribution in [0.3, 0.4) is 0 Å². The number of halogens is 1. The SMILES string of the molecule is Fc1ccc(Nc2cc3c(cc2-n2nnc4ccccc42)BC=C3)cc1. The van der Waals surface area contributed by atoms with E-state index in [2.05, 4.69) is 39.8 Å². The van der Waals surface area contributed by atoms with Crippen LogP contribution in [-0.4, -0.2) is 22.3 Å². The van der Waals surface area contributed by atoms with Crippen molar-refractivity contribution >= 4 is 41.2 Å². The lowest BCUT2D eigenvalue weighted by Crippen LogP contribution is -2.15. The topological polar surface area (TPSA) is 42.7 Å². The fraction of sp³-hybridized carbons (Fsp3) is 0. The van der Waals surface area contributed by atoms with Gasteiger partial charge in [0.25, 0.3) is 0 Å². The van der Waals surface area contributed by atoms with E-state index in [1.165, 1.54) is 23.2 Å². The van der Waals surface area contributed by atoms with Crippen LogP contribution in [-0.2, 0) is 0 Å². The van der Waals surface area contributed by atoms with Gasteiger partial charge in [-0.15, -0.1) is 11.1 Å². The molecule has 0 spiro atoms. The number of rotatable bonds is 3. The summed E-state index contributed by atoms with van der Waals surface area (Å²) in [4.78, 5) is 0. The van der Waals surface area contributed by atoms with E-state index in [1.807, 2.05) is 28.9 Å². The molecule has 1 N–H and O–H groups in total. The fourth-order valence-corrected chi connectivity index (χ4v) is 3.30. The van der Waals surface area contributed by atoms with E-state index in [0.29, 0.717) is 0 Å². The van der Waals surface area contributed by atoms with Crippen molar-refractivity contribution < 1.29 is 4.39 Å². The standard InChI is InChI=1S/C20H14BFN4/c22-14-5-7-15(8-6-14)23-18-11-13-9-10-21-16(13)12-20(18)26-19-4-2-1-3-17(19)24-25-26/h1-12,21,23H. The summed E-state index contributed by atoms with van der Waals surface area (Å²) in [5.41, 5.74) is 6.87. The molecule has 0 saturated carbocycles. The van der Waals surface area contributed by atoms with Crippen LogP contribution in [0.2, 0.25) is 0 Å². The quantitative estimate of drug-likeness (QED) is 0.582. The van der Waals surface area contributed by atoms with Gasteiger partial charge < -0.3 is 5.32 Å². The monoisotopic (exact) mass is 340 g/mol. The van der Waals surface area contributed by atoms with Crippen LogP contribution in [0.1, 0.15) is 5.56 Å². The number of benzene rings is 3. The summed E-state index contributed by atoms with van der Waals surface area (Å²) >= 11 is 0. The third kappa shape index (κ3) is 2.47. The molecule has 0 saturated heterocycles. The molecule has 124 valence electrons. The molecule has 2 heterocycles. The Morgan fingerprint density at radius 1 is 1.00 bits per heavy atom. The van der Waals surface area contributed by atoms with Gasteiger partial charge in [-0.2, -0.15) is 0 Å². The van der Waals surface area contributed by atoms with Gasteiger partial charge in [0.2, 0.25) is 0 Å². The van der Waals surface area contributed by atoms with E-state index in [-0.39, 0.29) is 5.82 Å². The molecule has 0 radical (unpaired) electrons. The predicted octanol–water partition coefficient (Wildman–Crippen LogP) is 3.35. The maximum atomic E-state index is 13.2. The van der Waals surface area contributed by atoms with Crippen LogP contribution < -0.4 is 10.8 Å². The Labute approximate surface area is 150 Å². The number of fused-ring (bicyclic) bond motifs is 2. The first-order valence-electron chi connectivity index (χ1n) is 8.45. The highest BCUT2D eigenvalue weighted by Crippen LogP contribution is 2.28. The normalized spacial score (nSPS) is 12.2. The molecule has 6 heteroatoms. The minimum absolute atomic E-state index is 0.255. The Bertz CT molecular complexity index is 1150. The Hall–Kier alpha value is -3.41. The van der Waals surface area contributed by atoms with Crippen molar-refractivity contribution in [3.8, 4) is 5.69 Å². The van der Waals surface area contributed by atoms with E-state index in [0.717, 1.165) is 35.4 Å². The van der Waals surface area contributed by atoms with Gasteiger partial charge in [0.05, 0.1) is 16.9 Å². The van der Waals surface area contributed by atoms with Crippen LogP contribution in [0.25, 0.3) is 22.8 Å². The molecule has 0 unspecified atom stereocenters. The molecule has 1 aliphatic heterocycles. The lowest BCUT2D eigenvalue weighted by Gasteiger charge is -2.15. The average Bonchev–Trinajstić information content (AvgIpc) is 3.29. The van der Waals surface area contributed by atoms with Crippen molar-refractivity contribution in [1.29, 1.82) is 0 Å². The summed E-state index contributed by atoms with van der Waals surface area (Å²) in [5, 5.41) is 12.0. The van der Waals surface area contributed by atoms with Crippen molar-refractivity contribution in [1.82, 2.24) is 15.0 Å². The van der Waals surface area contributed by atoms with Gasteiger partial charge in [-0.1, -0.05) is 28.9 Å². The molecule has 4 aromatic rings. The molecule has 1 aliphatic rings. The second-order valence-corrected chi connectivity index (χ2v) is 6.30. The van der Waals surface area contributed by atoms with Crippen LogP contribution >= 0.6 is 0 Å². The third-order valence-electron chi connectivity index (χ3n) is 4.60. The molecular weight excluding hydrogens is 326 g/mol. The lowest BCUT2D eigenvalue weighted by molar-refractivity contribution is 0.628. The van der Waals surface area contributed by atoms with Crippen molar-refractivity contribution in [2.45, 2.75) is 0 Å². The van der Waals surface area contributed by atoms with Crippen LogP contribution in [0, 0.1) is 5.82 Å². The van der Waals surface area contributed by atoms with Crippen LogP contribution in [0.5, 0.6) is 0 Å². The summed E-state index contributed by atoms with van der Waals surface area (Å²) in [6.07, 6.45) is 2.12. The van der Waals surface area contributed by atoms with E-state index in [1.54, 1.807) is 12.1 Å². The van der Waals surface area contributed by atoms with Gasteiger partial charge in [-0.05, 0) is 54.1 Å². The molecule has 0 aliphatic carbocycles. The number of nitrogens with one attached hydrogen (secondary N) is 1. The Balaban J connectivity index is 1.67. The van der Waals surface area contributed by atoms with E-state index < -0.39 is 0 Å². The molecule has 0 bridgehead atoms. The Morgan fingerprint density at radius 3 is 2.73 bits per heavy atom. The molecule has 5 rings (SSSR count). The Kier molecular flexibility index (Phi) is 3.35. The second kappa shape index (κ2) is 5.84. The highest BCUT2D eigenvalue weighted by Gasteiger charge is 2.16. The zero-order chi connectivity index (χ0) is 17.5. The van der Waals surface area contributed by atoms with Crippen molar-refractivity contribution in [2.75, 3.05) is 5.32 Å². The highest BCUT2D eigenvalue weighted by molar-refractivity contribution is 6.62. The van der Waals surface area contributed by atoms with Gasteiger partial charge in [0.1, 0.15) is 11.3 Å². The minimum atomic E-state index is -0.255. The lowest BCUT2D eigenvalue weighted by atomic mass is 9.73. The molecule has 26 heavy (non-hydrogen) atoms. The third-order valence-corrected chi connectivity index (χ3v) is 4.60. The zero-order valence-electron chi connectivity index (χ0n) is 13.9. The van der Waals surface area contributed by atoms with E-state index >= 15 is 0 Å². The summed E-state index contributed by atoms with van der Waals surface area (Å²) in [5.74, 6) is 1.89. The second-order valence-electron chi connectivity index (χ2n) is 6.30. The number of aromatic nitrogens is 3. The minimum Gasteiger partial charge on any atom is -0.354 e. The Morgan fingerprint density at radius 2 is 1.85 bits per heavy atom. The van der Waals surface area contributed by atoms with Gasteiger partial charge in [0, 0.05) is 5.69 Å². The van der Waals surface area contributed by atoms with Crippen LogP contribution in [0.4, 0.5) is 15.8 Å². The number of hydrogen-bond acceptors (Lipinski definition) is 3. The van der Waals surface area contributed by atoms with Gasteiger partial charge in [-0.3, -0.25) is 0 Å². The number of para-hydroxylation sites is 1. The summed E-state index contributed by atoms with van der Waals surface area (Å²) in [7, 11) is 0.909. The van der Waals surface area contributed by atoms with Crippen LogP contribution in [0.15, 0.2) is 66.6 Å².